The lowest BCUT2D eigenvalue weighted by molar-refractivity contribution is 0.0788. The quantitative estimate of drug-likeness (QED) is 0.724. The molecule has 0 unspecified atom stereocenters. The summed E-state index contributed by atoms with van der Waals surface area (Å²) in [6.07, 6.45) is 1.72. The number of carbonyl (C=O) groups excluding carboxylic acids is 1. The maximum absolute atomic E-state index is 12.6. The molecule has 106 valence electrons. The van der Waals surface area contributed by atoms with Crippen molar-refractivity contribution < 1.29 is 4.79 Å². The smallest absolute Gasteiger partial charge is 0.265 e. The minimum atomic E-state index is -0.0770. The molecule has 0 spiro atoms. The summed E-state index contributed by atoms with van der Waals surface area (Å²) < 4.78 is 1.03. The Labute approximate surface area is 131 Å². The molecule has 0 bridgehead atoms. The van der Waals surface area contributed by atoms with E-state index in [0.717, 1.165) is 15.8 Å². The number of hydrogen-bond donors (Lipinski definition) is 0. The number of aromatic nitrogens is 1. The van der Waals surface area contributed by atoms with Gasteiger partial charge in [-0.25, -0.2) is 0 Å². The Balaban J connectivity index is 1.88. The van der Waals surface area contributed by atoms with E-state index in [2.05, 4.69) is 4.98 Å². The standard InChI is InChI=1S/C16H13ClN2OS/c1-19(10-11-6-4-5-9-18-11)16(20)15-14(17)12-7-2-3-8-13(12)21-15/h2-9H,10H2,1H3. The zero-order chi connectivity index (χ0) is 14.8. The van der Waals surface area contributed by atoms with Crippen LogP contribution in [0.1, 0.15) is 15.4 Å². The summed E-state index contributed by atoms with van der Waals surface area (Å²) in [6, 6.07) is 13.4. The molecule has 0 N–H and O–H groups in total. The molecule has 2 aromatic heterocycles. The molecule has 1 amide bonds. The Morgan fingerprint density at radius 3 is 2.71 bits per heavy atom. The summed E-state index contributed by atoms with van der Waals surface area (Å²) in [6.45, 7) is 0.463. The van der Waals surface area contributed by atoms with Crippen molar-refractivity contribution in [3.63, 3.8) is 0 Å². The van der Waals surface area contributed by atoms with Crippen LogP contribution in [0.3, 0.4) is 0 Å². The molecule has 0 aliphatic rings. The first kappa shape index (κ1) is 14.0. The van der Waals surface area contributed by atoms with Gasteiger partial charge in [-0.15, -0.1) is 11.3 Å². The summed E-state index contributed by atoms with van der Waals surface area (Å²) in [7, 11) is 1.76. The summed E-state index contributed by atoms with van der Waals surface area (Å²) in [5.41, 5.74) is 0.852. The third kappa shape index (κ3) is 2.77. The van der Waals surface area contributed by atoms with Gasteiger partial charge in [-0.3, -0.25) is 9.78 Å². The van der Waals surface area contributed by atoms with Crippen LogP contribution in [0.5, 0.6) is 0 Å². The van der Waals surface area contributed by atoms with Crippen LogP contribution in [0, 0.1) is 0 Å². The summed E-state index contributed by atoms with van der Waals surface area (Å²) in [5.74, 6) is -0.0770. The SMILES string of the molecule is CN(Cc1ccccn1)C(=O)c1sc2ccccc2c1Cl. The van der Waals surface area contributed by atoms with E-state index in [1.54, 1.807) is 18.1 Å². The fourth-order valence-corrected chi connectivity index (χ4v) is 3.64. The fourth-order valence-electron chi connectivity index (χ4n) is 2.13. The molecule has 0 aliphatic carbocycles. The Kier molecular flexibility index (Phi) is 3.90. The van der Waals surface area contributed by atoms with Crippen LogP contribution < -0.4 is 0 Å². The molecule has 21 heavy (non-hydrogen) atoms. The minimum Gasteiger partial charge on any atom is -0.335 e. The summed E-state index contributed by atoms with van der Waals surface area (Å²) >= 11 is 7.77. The van der Waals surface area contributed by atoms with Crippen molar-refractivity contribution in [2.75, 3.05) is 7.05 Å². The zero-order valence-corrected chi connectivity index (χ0v) is 13.0. The number of hydrogen-bond acceptors (Lipinski definition) is 3. The monoisotopic (exact) mass is 316 g/mol. The second kappa shape index (κ2) is 5.84. The lowest BCUT2D eigenvalue weighted by Crippen LogP contribution is -2.26. The highest BCUT2D eigenvalue weighted by Crippen LogP contribution is 2.35. The van der Waals surface area contributed by atoms with Crippen LogP contribution >= 0.6 is 22.9 Å². The average molecular weight is 317 g/mol. The molecule has 2 heterocycles. The van der Waals surface area contributed by atoms with Gasteiger partial charge < -0.3 is 4.90 Å². The molecule has 1 aromatic carbocycles. The van der Waals surface area contributed by atoms with Crippen molar-refractivity contribution in [3.05, 3.63) is 64.3 Å². The number of amides is 1. The van der Waals surface area contributed by atoms with Gasteiger partial charge in [0.05, 0.1) is 17.3 Å². The van der Waals surface area contributed by atoms with Crippen molar-refractivity contribution in [3.8, 4) is 0 Å². The second-order valence-electron chi connectivity index (χ2n) is 4.72. The number of rotatable bonds is 3. The molecule has 0 radical (unpaired) electrons. The first-order valence-electron chi connectivity index (χ1n) is 6.49. The third-order valence-electron chi connectivity index (χ3n) is 3.20. The van der Waals surface area contributed by atoms with Gasteiger partial charge in [0.2, 0.25) is 0 Å². The normalized spacial score (nSPS) is 10.8. The highest BCUT2D eigenvalue weighted by Gasteiger charge is 2.20. The van der Waals surface area contributed by atoms with Crippen molar-refractivity contribution in [1.82, 2.24) is 9.88 Å². The van der Waals surface area contributed by atoms with Gasteiger partial charge in [-0.2, -0.15) is 0 Å². The van der Waals surface area contributed by atoms with Gasteiger partial charge in [0.15, 0.2) is 0 Å². The van der Waals surface area contributed by atoms with Crippen LogP contribution in [0.15, 0.2) is 48.7 Å². The van der Waals surface area contributed by atoms with Crippen molar-refractivity contribution in [1.29, 1.82) is 0 Å². The molecule has 0 fully saturated rings. The van der Waals surface area contributed by atoms with Gasteiger partial charge >= 0.3 is 0 Å². The molecule has 0 saturated carbocycles. The van der Waals surface area contributed by atoms with Crippen molar-refractivity contribution in [2.45, 2.75) is 6.54 Å². The number of nitrogens with zero attached hydrogens (tertiary/aromatic N) is 2. The number of pyridine rings is 1. The largest absolute Gasteiger partial charge is 0.335 e. The van der Waals surface area contributed by atoms with E-state index in [9.17, 15) is 4.79 Å². The average Bonchev–Trinajstić information content (AvgIpc) is 2.85. The van der Waals surface area contributed by atoms with Crippen LogP contribution in [0.2, 0.25) is 5.02 Å². The van der Waals surface area contributed by atoms with Gasteiger partial charge in [-0.1, -0.05) is 35.9 Å². The van der Waals surface area contributed by atoms with Gasteiger partial charge in [0.25, 0.3) is 5.91 Å². The van der Waals surface area contributed by atoms with Crippen LogP contribution in [-0.4, -0.2) is 22.8 Å². The first-order valence-corrected chi connectivity index (χ1v) is 7.68. The van der Waals surface area contributed by atoms with Gasteiger partial charge in [-0.05, 0) is 18.2 Å². The molecule has 5 heteroatoms. The molecule has 0 aliphatic heterocycles. The highest BCUT2D eigenvalue weighted by atomic mass is 35.5. The maximum atomic E-state index is 12.6. The van der Waals surface area contributed by atoms with E-state index in [1.807, 2.05) is 42.5 Å². The first-order chi connectivity index (χ1) is 10.2. The number of thiophene rings is 1. The van der Waals surface area contributed by atoms with Gasteiger partial charge in [0, 0.05) is 23.3 Å². The number of halogens is 1. The van der Waals surface area contributed by atoms with E-state index in [4.69, 9.17) is 11.6 Å². The maximum Gasteiger partial charge on any atom is 0.265 e. The third-order valence-corrected chi connectivity index (χ3v) is 4.86. The van der Waals surface area contributed by atoms with E-state index in [1.165, 1.54) is 11.3 Å². The Bertz CT molecular complexity index is 785. The molecule has 3 nitrogen and oxygen atoms in total. The molecule has 3 aromatic rings. The molecular weight excluding hydrogens is 304 g/mol. The summed E-state index contributed by atoms with van der Waals surface area (Å²) in [4.78, 5) is 19.0. The molecule has 0 saturated heterocycles. The second-order valence-corrected chi connectivity index (χ2v) is 6.15. The predicted molar refractivity (Wildman–Crippen MR) is 86.9 cm³/mol. The Morgan fingerprint density at radius 2 is 2.00 bits per heavy atom. The van der Waals surface area contributed by atoms with Crippen LogP contribution in [0.25, 0.3) is 10.1 Å². The lowest BCUT2D eigenvalue weighted by atomic mass is 10.2. The van der Waals surface area contributed by atoms with E-state index in [-0.39, 0.29) is 5.91 Å². The highest BCUT2D eigenvalue weighted by molar-refractivity contribution is 7.21. The van der Waals surface area contributed by atoms with Crippen molar-refractivity contribution >= 4 is 38.9 Å². The van der Waals surface area contributed by atoms with E-state index < -0.39 is 0 Å². The van der Waals surface area contributed by atoms with Crippen LogP contribution in [0.4, 0.5) is 0 Å². The van der Waals surface area contributed by atoms with E-state index in [0.29, 0.717) is 16.4 Å². The fraction of sp³-hybridized carbons (Fsp3) is 0.125. The molecular formula is C16H13ClN2OS. The summed E-state index contributed by atoms with van der Waals surface area (Å²) in [5, 5.41) is 1.47. The lowest BCUT2D eigenvalue weighted by Gasteiger charge is -2.15. The van der Waals surface area contributed by atoms with Crippen molar-refractivity contribution in [2.24, 2.45) is 0 Å². The minimum absolute atomic E-state index is 0.0770. The number of carbonyl (C=O) groups is 1. The van der Waals surface area contributed by atoms with E-state index >= 15 is 0 Å². The van der Waals surface area contributed by atoms with Crippen LogP contribution in [-0.2, 0) is 6.54 Å². The Hall–Kier alpha value is -1.91. The van der Waals surface area contributed by atoms with Gasteiger partial charge in [0.1, 0.15) is 4.88 Å². The molecule has 0 atom stereocenters. The predicted octanol–water partition coefficient (Wildman–Crippen LogP) is 4.22. The Morgan fingerprint density at radius 1 is 1.24 bits per heavy atom. The zero-order valence-electron chi connectivity index (χ0n) is 11.4. The topological polar surface area (TPSA) is 33.2 Å². The number of fused-ring (bicyclic) bond motifs is 1. The number of benzene rings is 1. The molecule has 3 rings (SSSR count).